The number of carboxylic acids is 1. The summed E-state index contributed by atoms with van der Waals surface area (Å²) in [6.07, 6.45) is 1.13. The van der Waals surface area contributed by atoms with Gasteiger partial charge >= 0.3 is 5.97 Å². The Balaban J connectivity index is 2.18. The van der Waals surface area contributed by atoms with E-state index in [1.807, 2.05) is 13.8 Å². The first kappa shape index (κ1) is 12.4. The third-order valence-electron chi connectivity index (χ3n) is 3.92. The summed E-state index contributed by atoms with van der Waals surface area (Å²) in [5.41, 5.74) is 0. The minimum absolute atomic E-state index is 0.0606. The number of carboxylic acid groups (broad SMARTS) is 1. The maximum absolute atomic E-state index is 12.3. The van der Waals surface area contributed by atoms with Gasteiger partial charge in [0.05, 0.1) is 24.0 Å². The van der Waals surface area contributed by atoms with Crippen molar-refractivity contribution in [1.82, 2.24) is 4.90 Å². The summed E-state index contributed by atoms with van der Waals surface area (Å²) in [4.78, 5) is 25.2. The van der Waals surface area contributed by atoms with E-state index in [4.69, 9.17) is 4.74 Å². The molecule has 2 saturated heterocycles. The lowest BCUT2D eigenvalue weighted by Crippen LogP contribution is -2.45. The zero-order valence-electron chi connectivity index (χ0n) is 10.3. The van der Waals surface area contributed by atoms with E-state index in [0.717, 1.165) is 12.8 Å². The first-order valence-electron chi connectivity index (χ1n) is 6.27. The number of nitrogens with zero attached hydrogens (tertiary/aromatic N) is 1. The van der Waals surface area contributed by atoms with Crippen LogP contribution in [0.1, 0.15) is 26.7 Å². The number of ether oxygens (including phenoxy) is 1. The summed E-state index contributed by atoms with van der Waals surface area (Å²) < 4.78 is 5.59. The molecule has 5 heteroatoms. The predicted molar refractivity (Wildman–Crippen MR) is 60.4 cm³/mol. The first-order valence-corrected chi connectivity index (χ1v) is 6.27. The van der Waals surface area contributed by atoms with Crippen LogP contribution in [0.15, 0.2) is 0 Å². The molecule has 17 heavy (non-hydrogen) atoms. The SMILES string of the molecule is CCN(CC)C(=O)[C@@H]1[C@H](C(=O)O)[C@H]2CC[C@H]1O2. The van der Waals surface area contributed by atoms with Crippen molar-refractivity contribution >= 4 is 11.9 Å². The monoisotopic (exact) mass is 241 g/mol. The highest BCUT2D eigenvalue weighted by atomic mass is 16.5. The molecule has 96 valence electrons. The summed E-state index contributed by atoms with van der Waals surface area (Å²) in [6, 6.07) is 0. The van der Waals surface area contributed by atoms with Crippen LogP contribution in [0.5, 0.6) is 0 Å². The molecular weight excluding hydrogens is 222 g/mol. The molecule has 0 saturated carbocycles. The maximum Gasteiger partial charge on any atom is 0.310 e. The predicted octanol–water partition coefficient (Wildman–Crippen LogP) is 0.733. The molecule has 2 heterocycles. The number of amides is 1. The molecule has 0 spiro atoms. The highest BCUT2D eigenvalue weighted by molar-refractivity contribution is 5.86. The van der Waals surface area contributed by atoms with E-state index in [1.54, 1.807) is 4.90 Å². The van der Waals surface area contributed by atoms with Crippen molar-refractivity contribution < 1.29 is 19.4 Å². The van der Waals surface area contributed by atoms with E-state index in [9.17, 15) is 14.7 Å². The van der Waals surface area contributed by atoms with E-state index >= 15 is 0 Å². The van der Waals surface area contributed by atoms with Crippen molar-refractivity contribution in [3.63, 3.8) is 0 Å². The van der Waals surface area contributed by atoms with Gasteiger partial charge in [-0.3, -0.25) is 9.59 Å². The number of fused-ring (bicyclic) bond motifs is 2. The average Bonchev–Trinajstić information content (AvgIpc) is 2.89. The molecule has 1 amide bonds. The lowest BCUT2D eigenvalue weighted by molar-refractivity contribution is -0.150. The minimum Gasteiger partial charge on any atom is -0.481 e. The molecule has 2 rings (SSSR count). The molecule has 2 fully saturated rings. The molecule has 5 nitrogen and oxygen atoms in total. The largest absolute Gasteiger partial charge is 0.481 e. The van der Waals surface area contributed by atoms with Crippen LogP contribution in [0, 0.1) is 11.8 Å². The summed E-state index contributed by atoms with van der Waals surface area (Å²) in [5, 5.41) is 9.23. The van der Waals surface area contributed by atoms with Crippen molar-refractivity contribution in [2.45, 2.75) is 38.9 Å². The lowest BCUT2D eigenvalue weighted by atomic mass is 9.78. The number of rotatable bonds is 4. The van der Waals surface area contributed by atoms with Gasteiger partial charge in [-0.15, -0.1) is 0 Å². The van der Waals surface area contributed by atoms with Crippen LogP contribution in [-0.4, -0.2) is 47.2 Å². The van der Waals surface area contributed by atoms with E-state index in [-0.39, 0.29) is 18.1 Å². The van der Waals surface area contributed by atoms with Crippen LogP contribution >= 0.6 is 0 Å². The number of hydrogen-bond donors (Lipinski definition) is 1. The standard InChI is InChI=1S/C12H19NO4/c1-3-13(4-2)11(14)9-7-5-6-8(17-7)10(9)12(15)16/h7-10H,3-6H2,1-2H3,(H,15,16)/t7-,8-,9+,10-/m1/s1. The minimum atomic E-state index is -0.900. The Morgan fingerprint density at radius 2 is 1.71 bits per heavy atom. The van der Waals surface area contributed by atoms with Crippen molar-refractivity contribution in [3.8, 4) is 0 Å². The van der Waals surface area contributed by atoms with Gasteiger partial charge in [-0.2, -0.15) is 0 Å². The molecule has 0 aromatic rings. The van der Waals surface area contributed by atoms with E-state index in [1.165, 1.54) is 0 Å². The van der Waals surface area contributed by atoms with Crippen LogP contribution in [0.25, 0.3) is 0 Å². The fourth-order valence-electron chi connectivity index (χ4n) is 3.05. The summed E-state index contributed by atoms with van der Waals surface area (Å²) >= 11 is 0. The number of carbonyl (C=O) groups is 2. The highest BCUT2D eigenvalue weighted by Gasteiger charge is 2.56. The molecule has 2 bridgehead atoms. The lowest BCUT2D eigenvalue weighted by Gasteiger charge is -2.29. The molecule has 0 radical (unpaired) electrons. The molecule has 2 aliphatic rings. The van der Waals surface area contributed by atoms with Gasteiger partial charge in [0.15, 0.2) is 0 Å². The van der Waals surface area contributed by atoms with Crippen molar-refractivity contribution in [2.24, 2.45) is 11.8 Å². The molecule has 0 aromatic heterocycles. The molecular formula is C12H19NO4. The molecule has 0 unspecified atom stereocenters. The summed E-state index contributed by atoms with van der Waals surface area (Å²) in [7, 11) is 0. The average molecular weight is 241 g/mol. The van der Waals surface area contributed by atoms with Crippen LogP contribution in [0.3, 0.4) is 0 Å². The number of hydrogen-bond acceptors (Lipinski definition) is 3. The normalized spacial score (nSPS) is 34.9. The van der Waals surface area contributed by atoms with Crippen LogP contribution in [0.2, 0.25) is 0 Å². The second kappa shape index (κ2) is 4.64. The van der Waals surface area contributed by atoms with Gasteiger partial charge in [-0.05, 0) is 26.7 Å². The van der Waals surface area contributed by atoms with Crippen LogP contribution in [0.4, 0.5) is 0 Å². The Morgan fingerprint density at radius 1 is 1.18 bits per heavy atom. The molecule has 0 aromatic carbocycles. The summed E-state index contributed by atoms with van der Waals surface area (Å²) in [5.74, 6) is -2.09. The van der Waals surface area contributed by atoms with Crippen molar-refractivity contribution in [3.05, 3.63) is 0 Å². The fraction of sp³-hybridized carbons (Fsp3) is 0.833. The van der Waals surface area contributed by atoms with Crippen LogP contribution in [-0.2, 0) is 14.3 Å². The smallest absolute Gasteiger partial charge is 0.310 e. The summed E-state index contributed by atoms with van der Waals surface area (Å²) in [6.45, 7) is 5.06. The van der Waals surface area contributed by atoms with Crippen molar-refractivity contribution in [1.29, 1.82) is 0 Å². The van der Waals surface area contributed by atoms with Gasteiger partial charge in [0.25, 0.3) is 0 Å². The van der Waals surface area contributed by atoms with Gasteiger partial charge in [-0.1, -0.05) is 0 Å². The second-order valence-corrected chi connectivity index (χ2v) is 4.69. The molecule has 2 aliphatic heterocycles. The van der Waals surface area contributed by atoms with Gasteiger partial charge in [0.1, 0.15) is 0 Å². The maximum atomic E-state index is 12.3. The third kappa shape index (κ3) is 1.92. The second-order valence-electron chi connectivity index (χ2n) is 4.69. The van der Waals surface area contributed by atoms with Gasteiger partial charge < -0.3 is 14.7 Å². The Bertz CT molecular complexity index is 326. The molecule has 1 N–H and O–H groups in total. The zero-order chi connectivity index (χ0) is 12.6. The van der Waals surface area contributed by atoms with Crippen LogP contribution < -0.4 is 0 Å². The van der Waals surface area contributed by atoms with Crippen molar-refractivity contribution in [2.75, 3.05) is 13.1 Å². The first-order chi connectivity index (χ1) is 8.10. The number of carbonyl (C=O) groups excluding carboxylic acids is 1. The Morgan fingerprint density at radius 3 is 2.18 bits per heavy atom. The van der Waals surface area contributed by atoms with Gasteiger partial charge in [0, 0.05) is 13.1 Å². The van der Waals surface area contributed by atoms with E-state index < -0.39 is 17.8 Å². The topological polar surface area (TPSA) is 66.8 Å². The Kier molecular flexibility index (Phi) is 3.38. The van der Waals surface area contributed by atoms with Gasteiger partial charge in [0.2, 0.25) is 5.91 Å². The quantitative estimate of drug-likeness (QED) is 0.788. The Hall–Kier alpha value is -1.10. The third-order valence-corrected chi connectivity index (χ3v) is 3.92. The van der Waals surface area contributed by atoms with Gasteiger partial charge in [-0.25, -0.2) is 0 Å². The fourth-order valence-corrected chi connectivity index (χ4v) is 3.05. The molecule has 4 atom stereocenters. The van der Waals surface area contributed by atoms with E-state index in [0.29, 0.717) is 13.1 Å². The van der Waals surface area contributed by atoms with E-state index in [2.05, 4.69) is 0 Å². The Labute approximate surface area is 101 Å². The zero-order valence-corrected chi connectivity index (χ0v) is 10.3. The molecule has 0 aliphatic carbocycles. The highest BCUT2D eigenvalue weighted by Crippen LogP contribution is 2.44. The number of aliphatic carboxylic acids is 1.